The van der Waals surface area contributed by atoms with Gasteiger partial charge in [-0.1, -0.05) is 43.3 Å². The van der Waals surface area contributed by atoms with Crippen LogP contribution in [0.1, 0.15) is 34.3 Å². The van der Waals surface area contributed by atoms with E-state index in [4.69, 9.17) is 4.74 Å². The number of hydrogen-bond acceptors (Lipinski definition) is 5. The second-order valence-electron chi connectivity index (χ2n) is 7.04. The largest absolute Gasteiger partial charge is 0.508 e. The molecule has 0 aromatic heterocycles. The second kappa shape index (κ2) is 9.18. The highest BCUT2D eigenvalue weighted by Crippen LogP contribution is 2.35. The van der Waals surface area contributed by atoms with Gasteiger partial charge >= 0.3 is 0 Å². The molecule has 0 aliphatic heterocycles. The molecule has 3 N–H and O–H groups in total. The van der Waals surface area contributed by atoms with Gasteiger partial charge in [-0.05, 0) is 48.0 Å². The first-order chi connectivity index (χ1) is 14.4. The number of hydrogen-bond donors (Lipinski definition) is 3. The molecular weight excluding hydrogens is 380 g/mol. The number of rotatable bonds is 7. The predicted octanol–water partition coefficient (Wildman–Crippen LogP) is 5.31. The molecule has 0 unspecified atom stereocenters. The number of phenolic OH excluding ortho intramolecular Hbond substituents is 2. The van der Waals surface area contributed by atoms with Crippen molar-refractivity contribution in [2.45, 2.75) is 12.8 Å². The Morgan fingerprint density at radius 3 is 1.93 bits per heavy atom. The van der Waals surface area contributed by atoms with Gasteiger partial charge < -0.3 is 20.1 Å². The predicted molar refractivity (Wildman–Crippen MR) is 116 cm³/mol. The third-order valence-electron chi connectivity index (χ3n) is 5.14. The van der Waals surface area contributed by atoms with Crippen LogP contribution >= 0.6 is 0 Å². The Morgan fingerprint density at radius 1 is 0.867 bits per heavy atom. The molecule has 0 heterocycles. The molecule has 2 atom stereocenters. The van der Waals surface area contributed by atoms with E-state index < -0.39 is 11.8 Å². The van der Waals surface area contributed by atoms with Crippen molar-refractivity contribution < 1.29 is 24.9 Å². The van der Waals surface area contributed by atoms with Gasteiger partial charge in [0.05, 0.1) is 18.2 Å². The van der Waals surface area contributed by atoms with E-state index in [9.17, 15) is 20.1 Å². The number of ether oxygens (including phenoxy) is 1. The Hall–Kier alpha value is -3.73. The normalized spacial score (nSPS) is 13.5. The maximum absolute atomic E-state index is 13.1. The van der Waals surface area contributed by atoms with Gasteiger partial charge in [-0.15, -0.1) is 0 Å². The van der Waals surface area contributed by atoms with Crippen LogP contribution in [0.4, 0.5) is 0 Å². The summed E-state index contributed by atoms with van der Waals surface area (Å²) in [6.45, 7) is 1.75. The van der Waals surface area contributed by atoms with Crippen molar-refractivity contribution in [1.82, 2.24) is 0 Å². The van der Waals surface area contributed by atoms with Crippen molar-refractivity contribution >= 4 is 11.5 Å². The van der Waals surface area contributed by atoms with E-state index in [1.165, 1.54) is 12.1 Å². The molecule has 3 aromatic rings. The fourth-order valence-corrected chi connectivity index (χ4v) is 3.40. The number of benzene rings is 3. The maximum Gasteiger partial charge on any atom is 0.170 e. The van der Waals surface area contributed by atoms with Gasteiger partial charge in [-0.25, -0.2) is 0 Å². The van der Waals surface area contributed by atoms with Crippen molar-refractivity contribution in [2.75, 3.05) is 7.11 Å². The van der Waals surface area contributed by atoms with Crippen molar-refractivity contribution in [3.05, 3.63) is 95.6 Å². The molecular formula is C25H24O5. The van der Waals surface area contributed by atoms with Crippen LogP contribution in [0.3, 0.4) is 0 Å². The van der Waals surface area contributed by atoms with Gasteiger partial charge in [-0.2, -0.15) is 0 Å². The Balaban J connectivity index is 2.05. The third-order valence-corrected chi connectivity index (χ3v) is 5.14. The van der Waals surface area contributed by atoms with Crippen LogP contribution in [-0.4, -0.2) is 28.2 Å². The summed E-state index contributed by atoms with van der Waals surface area (Å²) in [5.74, 6) is -0.967. The molecule has 0 aliphatic rings. The summed E-state index contributed by atoms with van der Waals surface area (Å²) in [4.78, 5) is 13.1. The highest BCUT2D eigenvalue weighted by molar-refractivity contribution is 6.00. The maximum atomic E-state index is 13.1. The quantitative estimate of drug-likeness (QED) is 0.367. The van der Waals surface area contributed by atoms with E-state index in [0.29, 0.717) is 5.75 Å². The Kier molecular flexibility index (Phi) is 6.42. The fraction of sp³-hybridized carbons (Fsp3) is 0.160. The van der Waals surface area contributed by atoms with Crippen LogP contribution < -0.4 is 4.74 Å². The minimum Gasteiger partial charge on any atom is -0.508 e. The highest BCUT2D eigenvalue weighted by atomic mass is 16.5. The van der Waals surface area contributed by atoms with Gasteiger partial charge in [-0.3, -0.25) is 4.79 Å². The molecule has 0 aliphatic carbocycles. The molecule has 5 heteroatoms. The first-order valence-corrected chi connectivity index (χ1v) is 9.57. The third kappa shape index (κ3) is 4.46. The number of methoxy groups -OCH3 is 1. The molecule has 0 saturated heterocycles. The number of ketones is 1. The van der Waals surface area contributed by atoms with E-state index in [0.717, 1.165) is 5.56 Å². The first-order valence-electron chi connectivity index (χ1n) is 9.57. The lowest BCUT2D eigenvalue weighted by Crippen LogP contribution is -2.19. The van der Waals surface area contributed by atoms with Gasteiger partial charge in [0.25, 0.3) is 0 Å². The zero-order chi connectivity index (χ0) is 21.7. The van der Waals surface area contributed by atoms with Crippen molar-refractivity contribution in [1.29, 1.82) is 0 Å². The minimum atomic E-state index is -0.598. The van der Waals surface area contributed by atoms with E-state index in [-0.39, 0.29) is 34.2 Å². The first kappa shape index (κ1) is 21.0. The van der Waals surface area contributed by atoms with Gasteiger partial charge in [0.1, 0.15) is 23.0 Å². The van der Waals surface area contributed by atoms with E-state index >= 15 is 0 Å². The molecule has 3 aromatic carbocycles. The standard InChI is InChI=1S/C25H24O5/c1-16(25(29)20-8-4-6-10-23(20)27)21(17-11-13-18(30-2)14-12-17)15-24(28)19-7-3-5-9-22(19)26/h3-16,21,26-28H,1-2H3/b24-15-/t16-,21-/m0/s1. The smallest absolute Gasteiger partial charge is 0.170 e. The van der Waals surface area contributed by atoms with Crippen LogP contribution in [0, 0.1) is 5.92 Å². The molecule has 0 spiro atoms. The molecule has 0 bridgehead atoms. The summed E-state index contributed by atoms with van der Waals surface area (Å²) in [7, 11) is 1.57. The lowest BCUT2D eigenvalue weighted by Gasteiger charge is -2.22. The van der Waals surface area contributed by atoms with Crippen LogP contribution in [0.15, 0.2) is 78.9 Å². The van der Waals surface area contributed by atoms with Gasteiger partial charge in [0.2, 0.25) is 0 Å². The van der Waals surface area contributed by atoms with Gasteiger partial charge in [0.15, 0.2) is 5.78 Å². The number of carbonyl (C=O) groups is 1. The lowest BCUT2D eigenvalue weighted by atomic mass is 9.81. The number of Topliss-reactive ketones (excluding diaryl/α,β-unsaturated/α-hetero) is 1. The summed E-state index contributed by atoms with van der Waals surface area (Å²) in [5, 5.41) is 30.9. The number of aromatic hydroxyl groups is 2. The average molecular weight is 404 g/mol. The Morgan fingerprint density at radius 2 is 1.40 bits per heavy atom. The fourth-order valence-electron chi connectivity index (χ4n) is 3.40. The zero-order valence-electron chi connectivity index (χ0n) is 16.8. The minimum absolute atomic E-state index is 0.0561. The van der Waals surface area contributed by atoms with E-state index in [1.807, 2.05) is 12.1 Å². The molecule has 0 fully saturated rings. The van der Waals surface area contributed by atoms with Crippen LogP contribution in [0.2, 0.25) is 0 Å². The molecule has 154 valence electrons. The summed E-state index contributed by atoms with van der Waals surface area (Å²) < 4.78 is 5.21. The Labute approximate surface area is 175 Å². The van der Waals surface area contributed by atoms with Crippen molar-refractivity contribution in [3.8, 4) is 17.2 Å². The summed E-state index contributed by atoms with van der Waals surface area (Å²) in [6.07, 6.45) is 1.55. The van der Waals surface area contributed by atoms with Crippen LogP contribution in [0.5, 0.6) is 17.2 Å². The average Bonchev–Trinajstić information content (AvgIpc) is 2.77. The van der Waals surface area contributed by atoms with Crippen molar-refractivity contribution in [2.24, 2.45) is 5.92 Å². The monoisotopic (exact) mass is 404 g/mol. The van der Waals surface area contributed by atoms with Crippen molar-refractivity contribution in [3.63, 3.8) is 0 Å². The molecule has 0 radical (unpaired) electrons. The van der Waals surface area contributed by atoms with E-state index in [1.54, 1.807) is 68.6 Å². The molecule has 5 nitrogen and oxygen atoms in total. The zero-order valence-corrected chi connectivity index (χ0v) is 16.8. The number of allylic oxidation sites excluding steroid dienone is 1. The summed E-state index contributed by atoms with van der Waals surface area (Å²) in [5.41, 5.74) is 1.28. The molecule has 30 heavy (non-hydrogen) atoms. The number of carbonyl (C=O) groups excluding carboxylic acids is 1. The van der Waals surface area contributed by atoms with Gasteiger partial charge in [0, 0.05) is 11.8 Å². The molecule has 0 amide bonds. The lowest BCUT2D eigenvalue weighted by molar-refractivity contribution is 0.0918. The number of phenols is 2. The van der Waals surface area contributed by atoms with E-state index in [2.05, 4.69) is 0 Å². The number of para-hydroxylation sites is 2. The number of aliphatic hydroxyl groups excluding tert-OH is 1. The molecule has 3 rings (SSSR count). The summed E-state index contributed by atoms with van der Waals surface area (Å²) >= 11 is 0. The topological polar surface area (TPSA) is 87.0 Å². The molecule has 0 saturated carbocycles. The Bertz CT molecular complexity index is 1050. The number of aliphatic hydroxyl groups is 1. The SMILES string of the molecule is COc1ccc([C@@H](/C=C(\O)c2ccccc2O)[C@H](C)C(=O)c2ccccc2O)cc1. The van der Waals surface area contributed by atoms with Crippen LogP contribution in [0.25, 0.3) is 5.76 Å². The highest BCUT2D eigenvalue weighted by Gasteiger charge is 2.27. The second-order valence-corrected chi connectivity index (χ2v) is 7.04. The van der Waals surface area contributed by atoms with Crippen LogP contribution in [-0.2, 0) is 0 Å². The summed E-state index contributed by atoms with van der Waals surface area (Å²) in [6, 6.07) is 20.1.